The van der Waals surface area contributed by atoms with Crippen molar-refractivity contribution in [1.29, 1.82) is 0 Å². The Labute approximate surface area is 178 Å². The van der Waals surface area contributed by atoms with Gasteiger partial charge in [-0.2, -0.15) is 0 Å². The van der Waals surface area contributed by atoms with Crippen LogP contribution >= 0.6 is 0 Å². The quantitative estimate of drug-likeness (QED) is 0.772. The molecule has 0 atom stereocenters. The lowest BCUT2D eigenvalue weighted by Crippen LogP contribution is -2.41. The molecule has 0 unspecified atom stereocenters. The van der Waals surface area contributed by atoms with Crippen LogP contribution in [0.3, 0.4) is 0 Å². The van der Waals surface area contributed by atoms with Crippen molar-refractivity contribution in [3.05, 3.63) is 59.2 Å². The fraction of sp³-hybridized carbons (Fsp3) is 0.480. The van der Waals surface area contributed by atoms with Crippen molar-refractivity contribution in [1.82, 2.24) is 9.80 Å². The molecule has 2 heterocycles. The Hall–Kier alpha value is -2.37. The predicted molar refractivity (Wildman–Crippen MR) is 116 cm³/mol. The van der Waals surface area contributed by atoms with E-state index in [1.165, 1.54) is 36.9 Å². The third kappa shape index (κ3) is 4.23. The van der Waals surface area contributed by atoms with E-state index in [0.29, 0.717) is 31.9 Å². The van der Waals surface area contributed by atoms with Gasteiger partial charge in [-0.1, -0.05) is 12.5 Å². The first-order valence-corrected chi connectivity index (χ1v) is 11.3. The highest BCUT2D eigenvalue weighted by molar-refractivity contribution is 5.94. The molecule has 1 amide bonds. The van der Waals surface area contributed by atoms with E-state index in [1.807, 2.05) is 29.2 Å². The molecule has 3 aliphatic rings. The number of hydrogen-bond donors (Lipinski definition) is 0. The number of ether oxygens (including phenoxy) is 2. The summed E-state index contributed by atoms with van der Waals surface area (Å²) in [4.78, 5) is 17.1. The lowest BCUT2D eigenvalue weighted by Gasteiger charge is -2.36. The van der Waals surface area contributed by atoms with E-state index in [-0.39, 0.29) is 5.91 Å². The normalized spacial score (nSPS) is 20.2. The van der Waals surface area contributed by atoms with E-state index in [0.717, 1.165) is 36.9 Å². The molecule has 30 heavy (non-hydrogen) atoms. The standard InChI is InChI=1S/C25H30N2O3/c28-25(27-14-16-29-17-15-27)20-5-7-23(8-6-20)30-24-9-4-19-10-12-26(22-2-1-3-22)13-11-21(19)18-24/h4-9,18,22H,1-3,10-17H2. The van der Waals surface area contributed by atoms with Crippen LogP contribution in [-0.4, -0.2) is 61.1 Å². The van der Waals surface area contributed by atoms with Gasteiger partial charge in [0.2, 0.25) is 0 Å². The van der Waals surface area contributed by atoms with Gasteiger partial charge in [0.1, 0.15) is 11.5 Å². The number of benzene rings is 2. The molecule has 0 aromatic heterocycles. The van der Waals surface area contributed by atoms with Crippen molar-refractivity contribution in [3.63, 3.8) is 0 Å². The van der Waals surface area contributed by atoms with Gasteiger partial charge in [-0.25, -0.2) is 0 Å². The Morgan fingerprint density at radius 1 is 0.867 bits per heavy atom. The van der Waals surface area contributed by atoms with Gasteiger partial charge in [0.25, 0.3) is 5.91 Å². The molecule has 2 aromatic rings. The lowest BCUT2D eigenvalue weighted by atomic mass is 9.91. The van der Waals surface area contributed by atoms with Crippen LogP contribution in [0.25, 0.3) is 0 Å². The molecule has 1 saturated carbocycles. The van der Waals surface area contributed by atoms with Crippen molar-refractivity contribution < 1.29 is 14.3 Å². The fourth-order valence-electron chi connectivity index (χ4n) is 4.65. The van der Waals surface area contributed by atoms with Crippen LogP contribution in [0.2, 0.25) is 0 Å². The van der Waals surface area contributed by atoms with Gasteiger partial charge in [0, 0.05) is 37.8 Å². The minimum Gasteiger partial charge on any atom is -0.457 e. The second-order valence-electron chi connectivity index (χ2n) is 8.58. The average Bonchev–Trinajstić information content (AvgIpc) is 2.96. The molecule has 1 aliphatic carbocycles. The van der Waals surface area contributed by atoms with Crippen molar-refractivity contribution in [2.24, 2.45) is 0 Å². The summed E-state index contributed by atoms with van der Waals surface area (Å²) in [5, 5.41) is 0. The zero-order chi connectivity index (χ0) is 20.3. The largest absolute Gasteiger partial charge is 0.457 e. The molecule has 2 aromatic carbocycles. The Morgan fingerprint density at radius 2 is 1.57 bits per heavy atom. The smallest absolute Gasteiger partial charge is 0.254 e. The maximum Gasteiger partial charge on any atom is 0.254 e. The van der Waals surface area contributed by atoms with Gasteiger partial charge in [-0.3, -0.25) is 9.69 Å². The first-order chi connectivity index (χ1) is 14.8. The molecular weight excluding hydrogens is 376 g/mol. The number of carbonyl (C=O) groups excluding carboxylic acids is 1. The molecule has 2 fully saturated rings. The van der Waals surface area contributed by atoms with Crippen LogP contribution < -0.4 is 4.74 Å². The topological polar surface area (TPSA) is 42.0 Å². The van der Waals surface area contributed by atoms with Crippen LogP contribution in [0.1, 0.15) is 40.7 Å². The van der Waals surface area contributed by atoms with Gasteiger partial charge >= 0.3 is 0 Å². The van der Waals surface area contributed by atoms with E-state index < -0.39 is 0 Å². The first kappa shape index (κ1) is 19.6. The van der Waals surface area contributed by atoms with Crippen LogP contribution in [-0.2, 0) is 17.6 Å². The summed E-state index contributed by atoms with van der Waals surface area (Å²) < 4.78 is 11.4. The molecule has 5 nitrogen and oxygen atoms in total. The summed E-state index contributed by atoms with van der Waals surface area (Å²) in [6, 6.07) is 14.8. The zero-order valence-electron chi connectivity index (χ0n) is 17.5. The number of carbonyl (C=O) groups is 1. The van der Waals surface area contributed by atoms with Crippen LogP contribution in [0, 0.1) is 0 Å². The highest BCUT2D eigenvalue weighted by Gasteiger charge is 2.26. The Morgan fingerprint density at radius 3 is 2.27 bits per heavy atom. The number of nitrogens with zero attached hydrogens (tertiary/aromatic N) is 2. The molecule has 5 rings (SSSR count). The summed E-state index contributed by atoms with van der Waals surface area (Å²) in [6.45, 7) is 4.87. The summed E-state index contributed by atoms with van der Waals surface area (Å²) >= 11 is 0. The molecule has 5 heteroatoms. The Bertz CT molecular complexity index is 886. The number of amides is 1. The first-order valence-electron chi connectivity index (χ1n) is 11.3. The third-order valence-electron chi connectivity index (χ3n) is 6.74. The maximum absolute atomic E-state index is 12.6. The predicted octanol–water partition coefficient (Wildman–Crippen LogP) is 3.90. The number of fused-ring (bicyclic) bond motifs is 1. The van der Waals surface area contributed by atoms with Crippen LogP contribution in [0.5, 0.6) is 11.5 Å². The minimum absolute atomic E-state index is 0.0610. The second-order valence-corrected chi connectivity index (χ2v) is 8.58. The van der Waals surface area contributed by atoms with E-state index in [1.54, 1.807) is 0 Å². The average molecular weight is 407 g/mol. The van der Waals surface area contributed by atoms with Crippen molar-refractivity contribution in [3.8, 4) is 11.5 Å². The molecular formula is C25H30N2O3. The Balaban J connectivity index is 1.23. The monoisotopic (exact) mass is 406 g/mol. The molecule has 158 valence electrons. The highest BCUT2D eigenvalue weighted by atomic mass is 16.5. The zero-order valence-corrected chi connectivity index (χ0v) is 17.5. The van der Waals surface area contributed by atoms with Gasteiger partial charge in [0.15, 0.2) is 0 Å². The molecule has 1 saturated heterocycles. The number of rotatable bonds is 4. The summed E-state index contributed by atoms with van der Waals surface area (Å²) in [5.41, 5.74) is 3.56. The minimum atomic E-state index is 0.0610. The van der Waals surface area contributed by atoms with E-state index >= 15 is 0 Å². The maximum atomic E-state index is 12.6. The molecule has 0 N–H and O–H groups in total. The van der Waals surface area contributed by atoms with Crippen LogP contribution in [0.15, 0.2) is 42.5 Å². The summed E-state index contributed by atoms with van der Waals surface area (Å²) in [7, 11) is 0. The number of hydrogen-bond acceptors (Lipinski definition) is 4. The summed E-state index contributed by atoms with van der Waals surface area (Å²) in [6.07, 6.45) is 6.35. The SMILES string of the molecule is O=C(c1ccc(Oc2ccc3c(c2)CCN(C2CCC2)CC3)cc1)N1CCOCC1. The molecule has 0 spiro atoms. The van der Waals surface area contributed by atoms with E-state index in [4.69, 9.17) is 9.47 Å². The van der Waals surface area contributed by atoms with Crippen molar-refractivity contribution in [2.45, 2.75) is 38.1 Å². The molecule has 0 radical (unpaired) electrons. The fourth-order valence-corrected chi connectivity index (χ4v) is 4.65. The van der Waals surface area contributed by atoms with Gasteiger partial charge in [-0.05, 0) is 73.2 Å². The third-order valence-corrected chi connectivity index (χ3v) is 6.74. The van der Waals surface area contributed by atoms with Gasteiger partial charge < -0.3 is 14.4 Å². The van der Waals surface area contributed by atoms with Gasteiger partial charge in [-0.15, -0.1) is 0 Å². The molecule has 0 bridgehead atoms. The van der Waals surface area contributed by atoms with E-state index in [9.17, 15) is 4.79 Å². The lowest BCUT2D eigenvalue weighted by molar-refractivity contribution is 0.0303. The number of morpholine rings is 1. The molecule has 2 aliphatic heterocycles. The van der Waals surface area contributed by atoms with E-state index in [2.05, 4.69) is 23.1 Å². The van der Waals surface area contributed by atoms with Crippen molar-refractivity contribution in [2.75, 3.05) is 39.4 Å². The van der Waals surface area contributed by atoms with Crippen LogP contribution in [0.4, 0.5) is 0 Å². The second kappa shape index (κ2) is 8.78. The van der Waals surface area contributed by atoms with Crippen molar-refractivity contribution >= 4 is 5.91 Å². The van der Waals surface area contributed by atoms with Gasteiger partial charge in [0.05, 0.1) is 13.2 Å². The summed E-state index contributed by atoms with van der Waals surface area (Å²) in [5.74, 6) is 1.70. The highest BCUT2D eigenvalue weighted by Crippen LogP contribution is 2.30. The Kier molecular flexibility index (Phi) is 5.73.